The van der Waals surface area contributed by atoms with Gasteiger partial charge < -0.3 is 0 Å². The van der Waals surface area contributed by atoms with Crippen LogP contribution < -0.4 is 5.43 Å². The number of rotatable bonds is 3. The summed E-state index contributed by atoms with van der Waals surface area (Å²) >= 11 is 6.10. The van der Waals surface area contributed by atoms with Gasteiger partial charge in [-0.25, -0.2) is 5.43 Å². The summed E-state index contributed by atoms with van der Waals surface area (Å²) < 4.78 is 0. The molecule has 0 unspecified atom stereocenters. The molecular weight excluding hydrogens is 288 g/mol. The number of hydrazone groups is 1. The van der Waals surface area contributed by atoms with E-state index < -0.39 is 0 Å². The van der Waals surface area contributed by atoms with Gasteiger partial charge in [0.15, 0.2) is 5.69 Å². The summed E-state index contributed by atoms with van der Waals surface area (Å²) in [7, 11) is 0. The standard InChI is InChI=1S/C15H15ClN4O/c1-9(10-5-2-3-7-12(10)16)17-20-15(21)14-11-6-4-8-13(11)18-19-14/h2-3,5,7H,4,6,8H2,1H3,(H,18,19)(H,20,21)/b17-9+. The van der Waals surface area contributed by atoms with Gasteiger partial charge in [0, 0.05) is 21.8 Å². The predicted octanol–water partition coefficient (Wildman–Crippen LogP) is 2.71. The Kier molecular flexibility index (Phi) is 3.75. The molecule has 3 rings (SSSR count). The summed E-state index contributed by atoms with van der Waals surface area (Å²) in [6.07, 6.45) is 2.91. The Morgan fingerprint density at radius 3 is 3.00 bits per heavy atom. The Hall–Kier alpha value is -2.14. The highest BCUT2D eigenvalue weighted by Crippen LogP contribution is 2.22. The van der Waals surface area contributed by atoms with E-state index in [1.54, 1.807) is 13.0 Å². The second-order valence-corrected chi connectivity index (χ2v) is 5.41. The molecule has 1 heterocycles. The topological polar surface area (TPSA) is 70.1 Å². The number of H-pyrrole nitrogens is 1. The number of nitrogens with zero attached hydrogens (tertiary/aromatic N) is 2. The molecule has 2 aromatic rings. The first-order valence-corrected chi connectivity index (χ1v) is 7.20. The first-order chi connectivity index (χ1) is 10.2. The Morgan fingerprint density at radius 1 is 1.38 bits per heavy atom. The van der Waals surface area contributed by atoms with Crippen LogP contribution in [0.25, 0.3) is 0 Å². The fraction of sp³-hybridized carbons (Fsp3) is 0.267. The van der Waals surface area contributed by atoms with Crippen LogP contribution in [0.3, 0.4) is 0 Å². The molecule has 1 aromatic carbocycles. The van der Waals surface area contributed by atoms with Gasteiger partial charge in [-0.1, -0.05) is 29.8 Å². The molecule has 1 aromatic heterocycles. The Bertz CT molecular complexity index is 720. The zero-order chi connectivity index (χ0) is 14.8. The lowest BCUT2D eigenvalue weighted by molar-refractivity contribution is 0.0949. The van der Waals surface area contributed by atoms with Gasteiger partial charge in [-0.2, -0.15) is 10.2 Å². The highest BCUT2D eigenvalue weighted by Gasteiger charge is 2.22. The van der Waals surface area contributed by atoms with Gasteiger partial charge in [-0.15, -0.1) is 0 Å². The third-order valence-electron chi connectivity index (χ3n) is 3.61. The second-order valence-electron chi connectivity index (χ2n) is 5.00. The van der Waals surface area contributed by atoms with Crippen LogP contribution in [0, 0.1) is 0 Å². The Morgan fingerprint density at radius 2 is 2.19 bits per heavy atom. The number of carbonyl (C=O) groups is 1. The molecule has 0 atom stereocenters. The van der Waals surface area contributed by atoms with Crippen molar-refractivity contribution in [3.05, 3.63) is 51.8 Å². The van der Waals surface area contributed by atoms with E-state index in [0.29, 0.717) is 16.4 Å². The molecule has 1 amide bonds. The monoisotopic (exact) mass is 302 g/mol. The summed E-state index contributed by atoms with van der Waals surface area (Å²) in [5, 5.41) is 11.7. The summed E-state index contributed by atoms with van der Waals surface area (Å²) in [4.78, 5) is 12.2. The number of aromatic amines is 1. The first kappa shape index (κ1) is 13.8. The molecule has 0 saturated carbocycles. The second kappa shape index (κ2) is 5.69. The third kappa shape index (κ3) is 2.69. The zero-order valence-electron chi connectivity index (χ0n) is 11.6. The molecule has 0 spiro atoms. The van der Waals surface area contributed by atoms with E-state index in [2.05, 4.69) is 20.7 Å². The number of fused-ring (bicyclic) bond motifs is 1. The van der Waals surface area contributed by atoms with E-state index in [4.69, 9.17) is 11.6 Å². The molecule has 0 aliphatic heterocycles. The van der Waals surface area contributed by atoms with Crippen molar-refractivity contribution in [2.75, 3.05) is 0 Å². The van der Waals surface area contributed by atoms with E-state index in [-0.39, 0.29) is 5.91 Å². The number of amides is 1. The molecule has 21 heavy (non-hydrogen) atoms. The van der Waals surface area contributed by atoms with Crippen LogP contribution in [0.2, 0.25) is 5.02 Å². The molecule has 0 saturated heterocycles. The van der Waals surface area contributed by atoms with Crippen molar-refractivity contribution in [2.24, 2.45) is 5.10 Å². The average Bonchev–Trinajstić information content (AvgIpc) is 3.07. The van der Waals surface area contributed by atoms with Crippen LogP contribution >= 0.6 is 11.6 Å². The first-order valence-electron chi connectivity index (χ1n) is 6.82. The van der Waals surface area contributed by atoms with Gasteiger partial charge in [-0.3, -0.25) is 9.89 Å². The minimum absolute atomic E-state index is 0.291. The summed E-state index contributed by atoms with van der Waals surface area (Å²) in [6, 6.07) is 7.38. The smallest absolute Gasteiger partial charge is 0.281 e. The van der Waals surface area contributed by atoms with Crippen molar-refractivity contribution < 1.29 is 4.79 Å². The van der Waals surface area contributed by atoms with E-state index in [1.807, 2.05) is 18.2 Å². The van der Waals surface area contributed by atoms with Gasteiger partial charge in [0.2, 0.25) is 0 Å². The van der Waals surface area contributed by atoms with E-state index in [0.717, 1.165) is 36.1 Å². The van der Waals surface area contributed by atoms with Crippen LogP contribution in [0.5, 0.6) is 0 Å². The number of aromatic nitrogens is 2. The van der Waals surface area contributed by atoms with Crippen molar-refractivity contribution >= 4 is 23.2 Å². The lowest BCUT2D eigenvalue weighted by Gasteiger charge is -2.04. The number of carbonyl (C=O) groups excluding carboxylic acids is 1. The number of halogens is 1. The summed E-state index contributed by atoms with van der Waals surface area (Å²) in [6.45, 7) is 1.80. The largest absolute Gasteiger partial charge is 0.292 e. The lowest BCUT2D eigenvalue weighted by Crippen LogP contribution is -2.21. The Balaban J connectivity index is 1.76. The molecule has 0 fully saturated rings. The molecule has 2 N–H and O–H groups in total. The molecule has 108 valence electrons. The van der Waals surface area contributed by atoms with Crippen LogP contribution in [0.4, 0.5) is 0 Å². The van der Waals surface area contributed by atoms with Crippen LogP contribution in [0.1, 0.15) is 40.7 Å². The number of aryl methyl sites for hydroxylation is 1. The van der Waals surface area contributed by atoms with Crippen molar-refractivity contribution in [3.63, 3.8) is 0 Å². The van der Waals surface area contributed by atoms with Gasteiger partial charge in [-0.05, 0) is 32.3 Å². The molecule has 1 aliphatic carbocycles. The Labute approximate surface area is 127 Å². The lowest BCUT2D eigenvalue weighted by atomic mass is 10.1. The van der Waals surface area contributed by atoms with Gasteiger partial charge >= 0.3 is 0 Å². The molecule has 0 bridgehead atoms. The molecule has 6 heteroatoms. The van der Waals surface area contributed by atoms with E-state index in [9.17, 15) is 4.79 Å². The van der Waals surface area contributed by atoms with Crippen LogP contribution in [0.15, 0.2) is 29.4 Å². The molecule has 5 nitrogen and oxygen atoms in total. The molecule has 1 aliphatic rings. The minimum Gasteiger partial charge on any atom is -0.281 e. The maximum Gasteiger partial charge on any atom is 0.292 e. The SMILES string of the molecule is C/C(=N\NC(=O)c1n[nH]c2c1CCC2)c1ccccc1Cl. The molecular formula is C15H15ClN4O. The summed E-state index contributed by atoms with van der Waals surface area (Å²) in [5.41, 5.74) is 6.52. The maximum atomic E-state index is 12.2. The fourth-order valence-electron chi connectivity index (χ4n) is 2.51. The average molecular weight is 303 g/mol. The van der Waals surface area contributed by atoms with Crippen LogP contribution in [-0.4, -0.2) is 21.8 Å². The van der Waals surface area contributed by atoms with Crippen molar-refractivity contribution in [3.8, 4) is 0 Å². The van der Waals surface area contributed by atoms with Crippen molar-refractivity contribution in [2.45, 2.75) is 26.2 Å². The van der Waals surface area contributed by atoms with E-state index >= 15 is 0 Å². The predicted molar refractivity (Wildman–Crippen MR) is 81.7 cm³/mol. The van der Waals surface area contributed by atoms with Gasteiger partial charge in [0.1, 0.15) is 0 Å². The van der Waals surface area contributed by atoms with Crippen molar-refractivity contribution in [1.29, 1.82) is 0 Å². The fourth-order valence-corrected chi connectivity index (χ4v) is 2.78. The number of hydrogen-bond acceptors (Lipinski definition) is 3. The zero-order valence-corrected chi connectivity index (χ0v) is 12.4. The number of benzene rings is 1. The van der Waals surface area contributed by atoms with Gasteiger partial charge in [0.25, 0.3) is 5.91 Å². The van der Waals surface area contributed by atoms with Crippen LogP contribution in [-0.2, 0) is 12.8 Å². The summed E-state index contributed by atoms with van der Waals surface area (Å²) in [5.74, 6) is -0.291. The third-order valence-corrected chi connectivity index (χ3v) is 3.94. The highest BCUT2D eigenvalue weighted by molar-refractivity contribution is 6.34. The number of hydrogen-bond donors (Lipinski definition) is 2. The maximum absolute atomic E-state index is 12.2. The normalized spacial score (nSPS) is 14.1. The van der Waals surface area contributed by atoms with E-state index in [1.165, 1.54) is 0 Å². The highest BCUT2D eigenvalue weighted by atomic mass is 35.5. The quantitative estimate of drug-likeness (QED) is 0.676. The number of nitrogens with one attached hydrogen (secondary N) is 2. The minimum atomic E-state index is -0.291. The van der Waals surface area contributed by atoms with Crippen molar-refractivity contribution in [1.82, 2.24) is 15.6 Å². The molecule has 0 radical (unpaired) electrons. The van der Waals surface area contributed by atoms with Gasteiger partial charge in [0.05, 0.1) is 5.71 Å².